The smallest absolute Gasteiger partial charge is 0.273 e. The summed E-state index contributed by atoms with van der Waals surface area (Å²) in [5.74, 6) is -0.0326. The number of aromatic nitrogens is 2. The fourth-order valence-electron chi connectivity index (χ4n) is 2.84. The van der Waals surface area contributed by atoms with Crippen LogP contribution in [0.4, 0.5) is 0 Å². The van der Waals surface area contributed by atoms with Crippen LogP contribution >= 0.6 is 11.3 Å². The number of hydrogen-bond donors (Lipinski definition) is 0. The quantitative estimate of drug-likeness (QED) is 0.772. The van der Waals surface area contributed by atoms with Crippen LogP contribution in [-0.2, 0) is 17.7 Å². The van der Waals surface area contributed by atoms with Crippen molar-refractivity contribution in [1.29, 1.82) is 0 Å². The lowest BCUT2D eigenvalue weighted by Gasteiger charge is -2.24. The Balaban J connectivity index is 1.75. The molecule has 2 aromatic heterocycles. The molecule has 1 aliphatic rings. The SMILES string of the molecule is CCCc1nc(C(=O)N(Cc2ccccn2)CC2CCCO2)cs1. The van der Waals surface area contributed by atoms with E-state index in [1.807, 2.05) is 28.5 Å². The maximum atomic E-state index is 12.9. The van der Waals surface area contributed by atoms with Gasteiger partial charge in [-0.15, -0.1) is 11.3 Å². The van der Waals surface area contributed by atoms with Crippen LogP contribution in [0.1, 0.15) is 47.4 Å². The van der Waals surface area contributed by atoms with Gasteiger partial charge in [0, 0.05) is 24.7 Å². The highest BCUT2D eigenvalue weighted by Crippen LogP contribution is 2.18. The van der Waals surface area contributed by atoms with Crippen LogP contribution in [0.5, 0.6) is 0 Å². The van der Waals surface area contributed by atoms with Crippen molar-refractivity contribution in [3.05, 3.63) is 46.2 Å². The lowest BCUT2D eigenvalue weighted by molar-refractivity contribution is 0.0500. The van der Waals surface area contributed by atoms with Gasteiger partial charge in [0.15, 0.2) is 0 Å². The highest BCUT2D eigenvalue weighted by atomic mass is 32.1. The van der Waals surface area contributed by atoms with Gasteiger partial charge in [-0.05, 0) is 37.8 Å². The molecule has 2 aromatic rings. The lowest BCUT2D eigenvalue weighted by atomic mass is 10.2. The van der Waals surface area contributed by atoms with Crippen LogP contribution in [-0.4, -0.2) is 40.0 Å². The fraction of sp³-hybridized carbons (Fsp3) is 0.500. The molecule has 1 atom stereocenters. The molecule has 0 bridgehead atoms. The van der Waals surface area contributed by atoms with Gasteiger partial charge in [-0.25, -0.2) is 4.98 Å². The zero-order valence-electron chi connectivity index (χ0n) is 14.0. The van der Waals surface area contributed by atoms with E-state index in [0.717, 1.165) is 43.0 Å². The van der Waals surface area contributed by atoms with E-state index in [1.165, 1.54) is 0 Å². The van der Waals surface area contributed by atoms with Crippen molar-refractivity contribution in [3.8, 4) is 0 Å². The second kappa shape index (κ2) is 8.35. The van der Waals surface area contributed by atoms with Gasteiger partial charge in [0.25, 0.3) is 5.91 Å². The van der Waals surface area contributed by atoms with Gasteiger partial charge in [-0.2, -0.15) is 0 Å². The third-order valence-electron chi connectivity index (χ3n) is 4.05. The third-order valence-corrected chi connectivity index (χ3v) is 4.96. The highest BCUT2D eigenvalue weighted by molar-refractivity contribution is 7.09. The van der Waals surface area contributed by atoms with Crippen LogP contribution in [0.2, 0.25) is 0 Å². The summed E-state index contributed by atoms with van der Waals surface area (Å²) in [5.41, 5.74) is 1.42. The molecule has 1 saturated heterocycles. The first-order valence-corrected chi connectivity index (χ1v) is 9.39. The number of pyridine rings is 1. The molecule has 6 heteroatoms. The molecule has 0 aromatic carbocycles. The molecular weight excluding hydrogens is 322 g/mol. The number of aryl methyl sites for hydroxylation is 1. The summed E-state index contributed by atoms with van der Waals surface area (Å²) < 4.78 is 5.72. The zero-order chi connectivity index (χ0) is 16.8. The monoisotopic (exact) mass is 345 g/mol. The molecule has 1 unspecified atom stereocenters. The van der Waals surface area contributed by atoms with Gasteiger partial charge in [-0.1, -0.05) is 13.0 Å². The maximum Gasteiger partial charge on any atom is 0.273 e. The van der Waals surface area contributed by atoms with Crippen molar-refractivity contribution in [2.75, 3.05) is 13.2 Å². The largest absolute Gasteiger partial charge is 0.376 e. The summed E-state index contributed by atoms with van der Waals surface area (Å²) >= 11 is 1.56. The summed E-state index contributed by atoms with van der Waals surface area (Å²) in [4.78, 5) is 23.6. The maximum absolute atomic E-state index is 12.9. The molecule has 1 aliphatic heterocycles. The first kappa shape index (κ1) is 17.0. The van der Waals surface area contributed by atoms with Gasteiger partial charge < -0.3 is 9.64 Å². The average molecular weight is 345 g/mol. The van der Waals surface area contributed by atoms with Gasteiger partial charge in [-0.3, -0.25) is 9.78 Å². The number of carbonyl (C=O) groups is 1. The van der Waals surface area contributed by atoms with E-state index >= 15 is 0 Å². The fourth-order valence-corrected chi connectivity index (χ4v) is 3.71. The Hall–Kier alpha value is -1.79. The molecule has 0 saturated carbocycles. The van der Waals surface area contributed by atoms with Crippen molar-refractivity contribution in [1.82, 2.24) is 14.9 Å². The van der Waals surface area contributed by atoms with E-state index in [-0.39, 0.29) is 12.0 Å². The van der Waals surface area contributed by atoms with Crippen LogP contribution in [0, 0.1) is 0 Å². The molecule has 3 rings (SSSR count). The molecule has 128 valence electrons. The highest BCUT2D eigenvalue weighted by Gasteiger charge is 2.25. The van der Waals surface area contributed by atoms with Gasteiger partial charge in [0.05, 0.1) is 23.4 Å². The van der Waals surface area contributed by atoms with Crippen molar-refractivity contribution in [2.24, 2.45) is 0 Å². The zero-order valence-corrected chi connectivity index (χ0v) is 14.8. The van der Waals surface area contributed by atoms with Crippen molar-refractivity contribution >= 4 is 17.2 Å². The first-order chi connectivity index (χ1) is 11.8. The summed E-state index contributed by atoms with van der Waals surface area (Å²) in [5, 5.41) is 2.89. The number of hydrogen-bond acceptors (Lipinski definition) is 5. The van der Waals surface area contributed by atoms with E-state index in [0.29, 0.717) is 18.8 Å². The third kappa shape index (κ3) is 4.39. The summed E-state index contributed by atoms with van der Waals surface area (Å²) in [6, 6.07) is 5.77. The summed E-state index contributed by atoms with van der Waals surface area (Å²) in [6.45, 7) is 3.98. The lowest BCUT2D eigenvalue weighted by Crippen LogP contribution is -2.37. The van der Waals surface area contributed by atoms with E-state index < -0.39 is 0 Å². The molecule has 0 radical (unpaired) electrons. The summed E-state index contributed by atoms with van der Waals surface area (Å²) in [6.07, 6.45) is 5.90. The Morgan fingerprint density at radius 3 is 3.08 bits per heavy atom. The minimum Gasteiger partial charge on any atom is -0.376 e. The predicted octanol–water partition coefficient (Wildman–Crippen LogP) is 3.31. The molecule has 0 aliphatic carbocycles. The van der Waals surface area contributed by atoms with Crippen molar-refractivity contribution in [3.63, 3.8) is 0 Å². The van der Waals surface area contributed by atoms with Gasteiger partial charge >= 0.3 is 0 Å². The van der Waals surface area contributed by atoms with E-state index in [2.05, 4.69) is 16.9 Å². The minimum atomic E-state index is -0.0326. The van der Waals surface area contributed by atoms with Crippen LogP contribution in [0.3, 0.4) is 0 Å². The van der Waals surface area contributed by atoms with E-state index in [1.54, 1.807) is 17.5 Å². The number of carbonyl (C=O) groups excluding carboxylic acids is 1. The van der Waals surface area contributed by atoms with Crippen molar-refractivity contribution in [2.45, 2.75) is 45.3 Å². The second-order valence-corrected chi connectivity index (χ2v) is 6.96. The minimum absolute atomic E-state index is 0.0326. The summed E-state index contributed by atoms with van der Waals surface area (Å²) in [7, 11) is 0. The molecule has 1 fully saturated rings. The van der Waals surface area contributed by atoms with E-state index in [4.69, 9.17) is 4.74 Å². The first-order valence-electron chi connectivity index (χ1n) is 8.51. The number of nitrogens with zero attached hydrogens (tertiary/aromatic N) is 3. The molecule has 0 spiro atoms. The number of thiazole rings is 1. The van der Waals surface area contributed by atoms with E-state index in [9.17, 15) is 4.79 Å². The van der Waals surface area contributed by atoms with Crippen LogP contribution in [0.25, 0.3) is 0 Å². The Morgan fingerprint density at radius 1 is 1.46 bits per heavy atom. The normalized spacial score (nSPS) is 17.1. The molecular formula is C18H23N3O2S. The predicted molar refractivity (Wildman–Crippen MR) is 94.1 cm³/mol. The Kier molecular flexibility index (Phi) is 5.93. The topological polar surface area (TPSA) is 55.3 Å². The average Bonchev–Trinajstić information content (AvgIpc) is 3.27. The Bertz CT molecular complexity index is 653. The molecule has 1 amide bonds. The second-order valence-electron chi connectivity index (χ2n) is 6.02. The van der Waals surface area contributed by atoms with Crippen LogP contribution < -0.4 is 0 Å². The molecule has 0 N–H and O–H groups in total. The Labute approximate surface area is 146 Å². The van der Waals surface area contributed by atoms with Crippen molar-refractivity contribution < 1.29 is 9.53 Å². The number of amides is 1. The van der Waals surface area contributed by atoms with Gasteiger partial charge in [0.2, 0.25) is 0 Å². The number of ether oxygens (including phenoxy) is 1. The van der Waals surface area contributed by atoms with Gasteiger partial charge in [0.1, 0.15) is 5.69 Å². The van der Waals surface area contributed by atoms with Crippen LogP contribution in [0.15, 0.2) is 29.8 Å². The Morgan fingerprint density at radius 2 is 2.38 bits per heavy atom. The standard InChI is InChI=1S/C18H23N3O2S/c1-2-6-17-20-16(13-24-17)18(22)21(12-15-8-5-10-23-15)11-14-7-3-4-9-19-14/h3-4,7,9,13,15H,2,5-6,8,10-12H2,1H3. The molecule has 3 heterocycles. The molecule has 5 nitrogen and oxygen atoms in total. The number of rotatable bonds is 7. The molecule has 24 heavy (non-hydrogen) atoms.